The van der Waals surface area contributed by atoms with Crippen molar-refractivity contribution in [2.45, 2.75) is 56.8 Å². The second-order valence-corrected chi connectivity index (χ2v) is 8.73. The van der Waals surface area contributed by atoms with Crippen LogP contribution in [0, 0.1) is 0 Å². The Hall–Kier alpha value is -0.470. The van der Waals surface area contributed by atoms with E-state index in [0.717, 1.165) is 11.3 Å². The predicted octanol–water partition coefficient (Wildman–Crippen LogP) is 2.04. The standard InChI is InChI=1S/C14H24N2O3S2/c1-10(2)15-8-12-7-13(9-20-12)21(17,18)16(4)14-5-6-19-11(14)3/h7,9-11,14-15H,5-6,8H2,1-4H3. The Balaban J connectivity index is 2.12. The molecule has 7 heteroatoms. The molecule has 0 spiro atoms. The molecule has 2 atom stereocenters. The minimum absolute atomic E-state index is 0.0505. The summed E-state index contributed by atoms with van der Waals surface area (Å²) in [4.78, 5) is 1.42. The summed E-state index contributed by atoms with van der Waals surface area (Å²) in [7, 11) is -1.79. The van der Waals surface area contributed by atoms with Crippen LogP contribution in [0.3, 0.4) is 0 Å². The Morgan fingerprint density at radius 3 is 2.81 bits per heavy atom. The van der Waals surface area contributed by atoms with Gasteiger partial charge in [-0.1, -0.05) is 13.8 Å². The highest BCUT2D eigenvalue weighted by atomic mass is 32.2. The summed E-state index contributed by atoms with van der Waals surface area (Å²) in [5.41, 5.74) is 0. The van der Waals surface area contributed by atoms with E-state index in [1.807, 2.05) is 6.92 Å². The van der Waals surface area contributed by atoms with Crippen molar-refractivity contribution in [1.82, 2.24) is 9.62 Å². The first-order valence-corrected chi connectivity index (χ1v) is 9.54. The Labute approximate surface area is 131 Å². The van der Waals surface area contributed by atoms with Crippen LogP contribution < -0.4 is 5.32 Å². The lowest BCUT2D eigenvalue weighted by atomic mass is 10.2. The summed E-state index contributed by atoms with van der Waals surface area (Å²) in [5.74, 6) is 0. The van der Waals surface area contributed by atoms with E-state index < -0.39 is 10.0 Å². The van der Waals surface area contributed by atoms with E-state index in [0.29, 0.717) is 24.1 Å². The number of hydrogen-bond acceptors (Lipinski definition) is 5. The fourth-order valence-corrected chi connectivity index (χ4v) is 5.10. The largest absolute Gasteiger partial charge is 0.377 e. The maximum Gasteiger partial charge on any atom is 0.243 e. The van der Waals surface area contributed by atoms with Gasteiger partial charge in [0.25, 0.3) is 0 Å². The molecule has 0 bridgehead atoms. The highest BCUT2D eigenvalue weighted by Crippen LogP contribution is 2.27. The summed E-state index contributed by atoms with van der Waals surface area (Å²) in [5, 5.41) is 5.03. The Kier molecular flexibility index (Phi) is 5.43. The average molecular weight is 332 g/mol. The summed E-state index contributed by atoms with van der Waals surface area (Å²) in [6, 6.07) is 2.07. The molecule has 2 unspecified atom stereocenters. The van der Waals surface area contributed by atoms with E-state index in [9.17, 15) is 8.42 Å². The van der Waals surface area contributed by atoms with Crippen LogP contribution in [0.15, 0.2) is 16.3 Å². The van der Waals surface area contributed by atoms with Crippen LogP contribution in [0.25, 0.3) is 0 Å². The van der Waals surface area contributed by atoms with Gasteiger partial charge in [0.15, 0.2) is 0 Å². The van der Waals surface area contributed by atoms with Crippen molar-refractivity contribution in [1.29, 1.82) is 0 Å². The van der Waals surface area contributed by atoms with E-state index in [-0.39, 0.29) is 12.1 Å². The highest BCUT2D eigenvalue weighted by molar-refractivity contribution is 7.89. The first-order chi connectivity index (χ1) is 9.82. The molecule has 1 saturated heterocycles. The van der Waals surface area contributed by atoms with E-state index in [4.69, 9.17) is 4.74 Å². The molecule has 1 N–H and O–H groups in total. The van der Waals surface area contributed by atoms with Gasteiger partial charge in [0, 0.05) is 36.5 Å². The van der Waals surface area contributed by atoms with E-state index in [1.165, 1.54) is 15.6 Å². The van der Waals surface area contributed by atoms with E-state index in [1.54, 1.807) is 18.5 Å². The third kappa shape index (κ3) is 3.84. The summed E-state index contributed by atoms with van der Waals surface area (Å²) >= 11 is 1.48. The Bertz CT molecular complexity index is 569. The summed E-state index contributed by atoms with van der Waals surface area (Å²) < 4.78 is 32.3. The molecule has 0 aliphatic carbocycles. The number of likely N-dealkylation sites (N-methyl/N-ethyl adjacent to an activating group) is 1. The molecule has 1 aromatic rings. The molecule has 1 aliphatic rings. The molecule has 0 amide bonds. The van der Waals surface area contributed by atoms with Crippen LogP contribution in [-0.2, 0) is 21.3 Å². The lowest BCUT2D eigenvalue weighted by Crippen LogP contribution is -2.40. The van der Waals surface area contributed by atoms with Crippen molar-refractivity contribution in [2.75, 3.05) is 13.7 Å². The highest BCUT2D eigenvalue weighted by Gasteiger charge is 2.35. The topological polar surface area (TPSA) is 58.6 Å². The molecule has 0 radical (unpaired) electrons. The second-order valence-electron chi connectivity index (χ2n) is 5.74. The molecule has 5 nitrogen and oxygen atoms in total. The van der Waals surface area contributed by atoms with Gasteiger partial charge in [-0.25, -0.2) is 8.42 Å². The lowest BCUT2D eigenvalue weighted by molar-refractivity contribution is 0.102. The molecule has 2 rings (SSSR count). The number of hydrogen-bond donors (Lipinski definition) is 1. The summed E-state index contributed by atoms with van der Waals surface area (Å²) in [6.07, 6.45) is 0.702. The van der Waals surface area contributed by atoms with Crippen molar-refractivity contribution >= 4 is 21.4 Å². The number of nitrogens with one attached hydrogen (secondary N) is 1. The first-order valence-electron chi connectivity index (χ1n) is 7.23. The zero-order chi connectivity index (χ0) is 15.6. The van der Waals surface area contributed by atoms with Crippen LogP contribution in [-0.4, -0.2) is 44.6 Å². The monoisotopic (exact) mass is 332 g/mol. The number of ether oxygens (including phenoxy) is 1. The van der Waals surface area contributed by atoms with Crippen molar-refractivity contribution in [3.63, 3.8) is 0 Å². The maximum atomic E-state index is 12.7. The van der Waals surface area contributed by atoms with Gasteiger partial charge in [0.2, 0.25) is 10.0 Å². The van der Waals surface area contributed by atoms with Gasteiger partial charge in [-0.05, 0) is 19.4 Å². The van der Waals surface area contributed by atoms with Gasteiger partial charge < -0.3 is 10.1 Å². The van der Waals surface area contributed by atoms with Gasteiger partial charge >= 0.3 is 0 Å². The van der Waals surface area contributed by atoms with E-state index >= 15 is 0 Å². The molecule has 0 aromatic carbocycles. The Morgan fingerprint density at radius 2 is 2.24 bits per heavy atom. The van der Waals surface area contributed by atoms with E-state index in [2.05, 4.69) is 19.2 Å². The van der Waals surface area contributed by atoms with Crippen LogP contribution in [0.5, 0.6) is 0 Å². The zero-order valence-electron chi connectivity index (χ0n) is 13.0. The SMILES string of the molecule is CC(C)NCc1cc(S(=O)(=O)N(C)C2CCOC2C)cs1. The average Bonchev–Trinajstić information content (AvgIpc) is 3.04. The minimum atomic E-state index is -3.44. The van der Waals surface area contributed by atoms with Crippen molar-refractivity contribution in [3.05, 3.63) is 16.3 Å². The van der Waals surface area contributed by atoms with Crippen LogP contribution in [0.4, 0.5) is 0 Å². The molecular formula is C14H24N2O3S2. The molecular weight excluding hydrogens is 308 g/mol. The molecule has 2 heterocycles. The Morgan fingerprint density at radius 1 is 1.52 bits per heavy atom. The van der Waals surface area contributed by atoms with Crippen LogP contribution in [0.1, 0.15) is 32.1 Å². The molecule has 1 aromatic heterocycles. The van der Waals surface area contributed by atoms with Gasteiger partial charge in [-0.3, -0.25) is 0 Å². The normalized spacial score (nSPS) is 23.3. The second kappa shape index (κ2) is 6.75. The van der Waals surface area contributed by atoms with Crippen molar-refractivity contribution < 1.29 is 13.2 Å². The fraction of sp³-hybridized carbons (Fsp3) is 0.714. The summed E-state index contributed by atoms with van der Waals surface area (Å²) in [6.45, 7) is 7.39. The smallest absolute Gasteiger partial charge is 0.243 e. The third-order valence-corrected chi connectivity index (χ3v) is 6.74. The van der Waals surface area contributed by atoms with Gasteiger partial charge in [0.05, 0.1) is 17.0 Å². The lowest BCUT2D eigenvalue weighted by Gasteiger charge is -2.25. The number of nitrogens with zero attached hydrogens (tertiary/aromatic N) is 1. The molecule has 1 fully saturated rings. The number of rotatable bonds is 6. The van der Waals surface area contributed by atoms with Crippen molar-refractivity contribution in [2.24, 2.45) is 0 Å². The maximum absolute atomic E-state index is 12.7. The third-order valence-electron chi connectivity index (χ3n) is 3.79. The molecule has 1 aliphatic heterocycles. The van der Waals surface area contributed by atoms with Crippen LogP contribution in [0.2, 0.25) is 0 Å². The molecule has 0 saturated carbocycles. The fourth-order valence-electron chi connectivity index (χ4n) is 2.44. The zero-order valence-corrected chi connectivity index (χ0v) is 14.6. The number of thiophene rings is 1. The number of sulfonamides is 1. The van der Waals surface area contributed by atoms with Gasteiger partial charge in [0.1, 0.15) is 0 Å². The van der Waals surface area contributed by atoms with Crippen LogP contribution >= 0.6 is 11.3 Å². The molecule has 21 heavy (non-hydrogen) atoms. The predicted molar refractivity (Wildman–Crippen MR) is 85.1 cm³/mol. The van der Waals surface area contributed by atoms with Gasteiger partial charge in [-0.2, -0.15) is 4.31 Å². The quantitative estimate of drug-likeness (QED) is 0.866. The molecule has 120 valence electrons. The first kappa shape index (κ1) is 16.9. The van der Waals surface area contributed by atoms with Gasteiger partial charge in [-0.15, -0.1) is 11.3 Å². The minimum Gasteiger partial charge on any atom is -0.377 e. The van der Waals surface area contributed by atoms with Crippen molar-refractivity contribution in [3.8, 4) is 0 Å².